The number of aryl methyl sites for hydroxylation is 2. The van der Waals surface area contributed by atoms with Gasteiger partial charge >= 0.3 is 0 Å². The van der Waals surface area contributed by atoms with Gasteiger partial charge in [-0.2, -0.15) is 0 Å². The van der Waals surface area contributed by atoms with E-state index in [0.717, 1.165) is 0 Å². The van der Waals surface area contributed by atoms with Gasteiger partial charge in [0.1, 0.15) is 0 Å². The third-order valence-electron chi connectivity index (χ3n) is 4.40. The SMILES string of the molecule is Cc1cccc(C)c1C(NN)C1CCCCCC1. The maximum Gasteiger partial charge on any atom is 0.0493 e. The maximum absolute atomic E-state index is 5.87. The third-order valence-corrected chi connectivity index (χ3v) is 4.40. The van der Waals surface area contributed by atoms with Crippen molar-refractivity contribution in [1.29, 1.82) is 0 Å². The number of hydrogen-bond acceptors (Lipinski definition) is 2. The Morgan fingerprint density at radius 3 is 2.11 bits per heavy atom. The molecule has 0 radical (unpaired) electrons. The topological polar surface area (TPSA) is 38.0 Å². The Morgan fingerprint density at radius 1 is 1.06 bits per heavy atom. The minimum atomic E-state index is 0.323. The van der Waals surface area contributed by atoms with E-state index in [4.69, 9.17) is 5.84 Å². The molecule has 1 fully saturated rings. The van der Waals surface area contributed by atoms with Gasteiger partial charge in [-0.1, -0.05) is 43.9 Å². The van der Waals surface area contributed by atoms with Gasteiger partial charge in [-0.15, -0.1) is 0 Å². The number of nitrogens with one attached hydrogen (secondary N) is 1. The van der Waals surface area contributed by atoms with Crippen LogP contribution in [0.5, 0.6) is 0 Å². The molecule has 0 amide bonds. The van der Waals surface area contributed by atoms with Crippen LogP contribution < -0.4 is 11.3 Å². The molecule has 1 aliphatic carbocycles. The lowest BCUT2D eigenvalue weighted by Gasteiger charge is -2.28. The summed E-state index contributed by atoms with van der Waals surface area (Å²) in [6.45, 7) is 4.40. The lowest BCUT2D eigenvalue weighted by Crippen LogP contribution is -2.34. The lowest BCUT2D eigenvalue weighted by atomic mass is 9.84. The van der Waals surface area contributed by atoms with E-state index < -0.39 is 0 Å². The Labute approximate surface area is 111 Å². The van der Waals surface area contributed by atoms with E-state index in [1.807, 2.05) is 0 Å². The van der Waals surface area contributed by atoms with E-state index in [-0.39, 0.29) is 0 Å². The summed E-state index contributed by atoms with van der Waals surface area (Å²) < 4.78 is 0. The van der Waals surface area contributed by atoms with Crippen molar-refractivity contribution in [2.45, 2.75) is 58.4 Å². The number of rotatable bonds is 3. The van der Waals surface area contributed by atoms with Crippen LogP contribution in [0, 0.1) is 19.8 Å². The molecule has 0 aromatic heterocycles. The van der Waals surface area contributed by atoms with Crippen LogP contribution in [0.15, 0.2) is 18.2 Å². The summed E-state index contributed by atoms with van der Waals surface area (Å²) in [5, 5.41) is 0. The molecule has 18 heavy (non-hydrogen) atoms. The van der Waals surface area contributed by atoms with Crippen LogP contribution in [0.4, 0.5) is 0 Å². The molecule has 0 heterocycles. The summed E-state index contributed by atoms with van der Waals surface area (Å²) in [4.78, 5) is 0. The molecule has 3 N–H and O–H groups in total. The van der Waals surface area contributed by atoms with E-state index in [2.05, 4.69) is 37.5 Å². The van der Waals surface area contributed by atoms with Crippen molar-refractivity contribution >= 4 is 0 Å². The highest BCUT2D eigenvalue weighted by Crippen LogP contribution is 2.35. The van der Waals surface area contributed by atoms with Crippen LogP contribution >= 0.6 is 0 Å². The Hall–Kier alpha value is -0.860. The highest BCUT2D eigenvalue weighted by atomic mass is 15.2. The number of hydrogen-bond donors (Lipinski definition) is 2. The fourth-order valence-electron chi connectivity index (χ4n) is 3.42. The van der Waals surface area contributed by atoms with Crippen molar-refractivity contribution in [1.82, 2.24) is 5.43 Å². The maximum atomic E-state index is 5.87. The van der Waals surface area contributed by atoms with Crippen molar-refractivity contribution < 1.29 is 0 Å². The normalized spacial score (nSPS) is 19.5. The van der Waals surface area contributed by atoms with Gasteiger partial charge in [-0.05, 0) is 49.3 Å². The van der Waals surface area contributed by atoms with Gasteiger partial charge in [0.05, 0.1) is 0 Å². The molecule has 1 aliphatic rings. The van der Waals surface area contributed by atoms with Crippen LogP contribution in [0.2, 0.25) is 0 Å². The summed E-state index contributed by atoms with van der Waals surface area (Å²) >= 11 is 0. The van der Waals surface area contributed by atoms with Crippen LogP contribution in [0.1, 0.15) is 61.3 Å². The molecule has 1 aromatic carbocycles. The molecule has 0 aliphatic heterocycles. The van der Waals surface area contributed by atoms with Gasteiger partial charge < -0.3 is 0 Å². The van der Waals surface area contributed by atoms with Gasteiger partial charge in [0.2, 0.25) is 0 Å². The summed E-state index contributed by atoms with van der Waals surface area (Å²) in [6, 6.07) is 6.85. The van der Waals surface area contributed by atoms with E-state index in [0.29, 0.717) is 12.0 Å². The van der Waals surface area contributed by atoms with Gasteiger partial charge in [0.15, 0.2) is 0 Å². The van der Waals surface area contributed by atoms with E-state index >= 15 is 0 Å². The first kappa shape index (κ1) is 13.6. The molecule has 1 saturated carbocycles. The molecule has 1 aromatic rings. The molecule has 100 valence electrons. The zero-order chi connectivity index (χ0) is 13.0. The van der Waals surface area contributed by atoms with Crippen LogP contribution in [0.3, 0.4) is 0 Å². The molecular formula is C16H26N2. The Kier molecular flexibility index (Phi) is 4.79. The fraction of sp³-hybridized carbons (Fsp3) is 0.625. The first-order valence-electron chi connectivity index (χ1n) is 7.26. The second-order valence-corrected chi connectivity index (χ2v) is 5.70. The van der Waals surface area contributed by atoms with E-state index in [1.54, 1.807) is 0 Å². The summed E-state index contributed by atoms with van der Waals surface area (Å²) in [5.74, 6) is 6.57. The molecule has 2 nitrogen and oxygen atoms in total. The summed E-state index contributed by atoms with van der Waals surface area (Å²) in [5.41, 5.74) is 7.25. The average molecular weight is 246 g/mol. The smallest absolute Gasteiger partial charge is 0.0493 e. The minimum absolute atomic E-state index is 0.323. The van der Waals surface area contributed by atoms with Crippen molar-refractivity contribution in [3.05, 3.63) is 34.9 Å². The molecule has 0 spiro atoms. The second-order valence-electron chi connectivity index (χ2n) is 5.70. The molecule has 0 bridgehead atoms. The van der Waals surface area contributed by atoms with Crippen molar-refractivity contribution in [2.24, 2.45) is 11.8 Å². The van der Waals surface area contributed by atoms with E-state index in [1.165, 1.54) is 55.2 Å². The average Bonchev–Trinajstić information content (AvgIpc) is 2.63. The predicted molar refractivity (Wildman–Crippen MR) is 77.2 cm³/mol. The van der Waals surface area contributed by atoms with Gasteiger partial charge in [0.25, 0.3) is 0 Å². The van der Waals surface area contributed by atoms with E-state index in [9.17, 15) is 0 Å². The van der Waals surface area contributed by atoms with Crippen molar-refractivity contribution in [3.8, 4) is 0 Å². The predicted octanol–water partition coefficient (Wildman–Crippen LogP) is 3.78. The first-order valence-corrected chi connectivity index (χ1v) is 7.26. The highest BCUT2D eigenvalue weighted by molar-refractivity contribution is 5.36. The molecule has 1 atom stereocenters. The number of hydrazine groups is 1. The monoisotopic (exact) mass is 246 g/mol. The summed E-state index contributed by atoms with van der Waals surface area (Å²) in [6.07, 6.45) is 8.11. The quantitative estimate of drug-likeness (QED) is 0.484. The molecule has 2 heteroatoms. The third kappa shape index (κ3) is 2.93. The van der Waals surface area contributed by atoms with Crippen LogP contribution in [-0.2, 0) is 0 Å². The fourth-order valence-corrected chi connectivity index (χ4v) is 3.42. The second kappa shape index (κ2) is 6.35. The van der Waals surface area contributed by atoms with Crippen LogP contribution in [0.25, 0.3) is 0 Å². The number of benzene rings is 1. The largest absolute Gasteiger partial charge is 0.271 e. The Balaban J connectivity index is 2.26. The zero-order valence-corrected chi connectivity index (χ0v) is 11.7. The Bertz CT molecular complexity index is 358. The molecular weight excluding hydrogens is 220 g/mol. The van der Waals surface area contributed by atoms with Crippen molar-refractivity contribution in [3.63, 3.8) is 0 Å². The van der Waals surface area contributed by atoms with Gasteiger partial charge in [-0.25, -0.2) is 0 Å². The molecule has 1 unspecified atom stereocenters. The Morgan fingerprint density at radius 2 is 1.61 bits per heavy atom. The molecule has 2 rings (SSSR count). The van der Waals surface area contributed by atoms with Crippen LogP contribution in [-0.4, -0.2) is 0 Å². The van der Waals surface area contributed by atoms with Crippen molar-refractivity contribution in [2.75, 3.05) is 0 Å². The standard InChI is InChI=1S/C16H26N2/c1-12-8-7-9-13(2)15(12)16(18-17)14-10-5-3-4-6-11-14/h7-9,14,16,18H,3-6,10-11,17H2,1-2H3. The van der Waals surface area contributed by atoms with Gasteiger partial charge in [0, 0.05) is 6.04 Å². The number of nitrogens with two attached hydrogens (primary N) is 1. The minimum Gasteiger partial charge on any atom is -0.271 e. The molecule has 0 saturated heterocycles. The highest BCUT2D eigenvalue weighted by Gasteiger charge is 2.25. The first-order chi connectivity index (χ1) is 8.74. The van der Waals surface area contributed by atoms with Gasteiger partial charge in [-0.3, -0.25) is 11.3 Å². The zero-order valence-electron chi connectivity index (χ0n) is 11.7. The lowest BCUT2D eigenvalue weighted by molar-refractivity contribution is 0.327. The summed E-state index contributed by atoms with van der Waals surface area (Å²) in [7, 11) is 0.